The number of benzene rings is 1. The summed E-state index contributed by atoms with van der Waals surface area (Å²) in [6, 6.07) is 9.47. The number of rotatable bonds is 1. The lowest BCUT2D eigenvalue weighted by molar-refractivity contribution is 0.0315. The summed E-state index contributed by atoms with van der Waals surface area (Å²) in [6.07, 6.45) is 1.22. The van der Waals surface area contributed by atoms with Crippen LogP contribution in [0.5, 0.6) is 0 Å². The van der Waals surface area contributed by atoms with Crippen LogP contribution in [-0.2, 0) is 14.6 Å². The first-order valence-corrected chi connectivity index (χ1v) is 8.05. The topological polar surface area (TPSA) is 67.2 Å². The first-order chi connectivity index (χ1) is 9.09. The zero-order valence-corrected chi connectivity index (χ0v) is 11.3. The Bertz CT molecular complexity index is 639. The zero-order valence-electron chi connectivity index (χ0n) is 10.5. The van der Waals surface area contributed by atoms with Crippen molar-refractivity contribution in [3.05, 3.63) is 29.8 Å². The summed E-state index contributed by atoms with van der Waals surface area (Å²) in [5, 5.41) is 9.60. The third-order valence-corrected chi connectivity index (χ3v) is 6.10. The van der Waals surface area contributed by atoms with E-state index in [4.69, 9.17) is 4.74 Å². The molecule has 2 aliphatic heterocycles. The van der Waals surface area contributed by atoms with Crippen LogP contribution in [0.25, 0.3) is 0 Å². The second-order valence-electron chi connectivity index (χ2n) is 5.25. The van der Waals surface area contributed by atoms with E-state index < -0.39 is 15.3 Å². The lowest BCUT2D eigenvalue weighted by Crippen LogP contribution is -2.35. The number of fused-ring (bicyclic) bond motifs is 1. The monoisotopic (exact) mass is 277 g/mol. The predicted molar refractivity (Wildman–Crippen MR) is 69.3 cm³/mol. The maximum Gasteiger partial charge on any atom is 0.179 e. The summed E-state index contributed by atoms with van der Waals surface area (Å²) >= 11 is 0. The molecule has 0 N–H and O–H groups in total. The van der Waals surface area contributed by atoms with Crippen molar-refractivity contribution in [1.82, 2.24) is 0 Å². The maximum atomic E-state index is 12.2. The largest absolute Gasteiger partial charge is 0.381 e. The van der Waals surface area contributed by atoms with Crippen LogP contribution in [0, 0.1) is 16.7 Å². The van der Waals surface area contributed by atoms with E-state index in [1.165, 1.54) is 0 Å². The molecule has 1 fully saturated rings. The summed E-state index contributed by atoms with van der Waals surface area (Å²) in [7, 11) is -3.24. The molecule has 1 unspecified atom stereocenters. The van der Waals surface area contributed by atoms with E-state index in [1.54, 1.807) is 12.1 Å². The molecule has 1 aromatic rings. The van der Waals surface area contributed by atoms with Gasteiger partial charge in [0.05, 0.1) is 22.1 Å². The van der Waals surface area contributed by atoms with Crippen LogP contribution in [0.2, 0.25) is 0 Å². The quantitative estimate of drug-likeness (QED) is 0.786. The minimum absolute atomic E-state index is 0.0555. The van der Waals surface area contributed by atoms with E-state index in [0.29, 0.717) is 31.0 Å². The Labute approximate surface area is 112 Å². The molecule has 0 radical (unpaired) electrons. The van der Waals surface area contributed by atoms with Gasteiger partial charge in [-0.1, -0.05) is 18.2 Å². The van der Waals surface area contributed by atoms with Crippen LogP contribution in [0.3, 0.4) is 0 Å². The highest BCUT2D eigenvalue weighted by Gasteiger charge is 2.48. The van der Waals surface area contributed by atoms with Crippen molar-refractivity contribution in [2.75, 3.05) is 19.0 Å². The van der Waals surface area contributed by atoms with Gasteiger partial charge in [0.2, 0.25) is 0 Å². The summed E-state index contributed by atoms with van der Waals surface area (Å²) in [5.41, 5.74) is 0.212. The molecule has 4 nitrogen and oxygen atoms in total. The van der Waals surface area contributed by atoms with Gasteiger partial charge in [-0.2, -0.15) is 5.26 Å². The third-order valence-electron chi connectivity index (χ3n) is 4.29. The Balaban J connectivity index is 2.11. The van der Waals surface area contributed by atoms with Crippen LogP contribution in [0.4, 0.5) is 0 Å². The lowest BCUT2D eigenvalue weighted by Gasteiger charge is -2.35. The van der Waals surface area contributed by atoms with Crippen LogP contribution < -0.4 is 0 Å². The molecule has 1 atom stereocenters. The standard InChI is InChI=1S/C14H15NO3S/c15-10-14(5-7-18-8-6-14)12-9-19(16,17)13-4-2-1-3-11(12)13/h1-4,12H,5-9H2. The van der Waals surface area contributed by atoms with Gasteiger partial charge in [0.25, 0.3) is 0 Å². The molecule has 3 rings (SSSR count). The van der Waals surface area contributed by atoms with Gasteiger partial charge in [-0.15, -0.1) is 0 Å². The van der Waals surface area contributed by atoms with E-state index in [9.17, 15) is 13.7 Å². The second-order valence-corrected chi connectivity index (χ2v) is 7.25. The smallest absolute Gasteiger partial charge is 0.179 e. The van der Waals surface area contributed by atoms with Crippen LogP contribution in [0.1, 0.15) is 24.3 Å². The number of hydrogen-bond donors (Lipinski definition) is 0. The fourth-order valence-electron chi connectivity index (χ4n) is 3.18. The molecule has 1 saturated heterocycles. The average Bonchev–Trinajstić information content (AvgIpc) is 2.73. The Morgan fingerprint density at radius 1 is 1.26 bits per heavy atom. The van der Waals surface area contributed by atoms with E-state index >= 15 is 0 Å². The van der Waals surface area contributed by atoms with Crippen molar-refractivity contribution in [3.8, 4) is 6.07 Å². The number of nitrogens with zero attached hydrogens (tertiary/aromatic N) is 1. The molecule has 0 aromatic heterocycles. The first kappa shape index (κ1) is 12.6. The number of hydrogen-bond acceptors (Lipinski definition) is 4. The number of ether oxygens (including phenoxy) is 1. The predicted octanol–water partition coefficient (Wildman–Crippen LogP) is 1.88. The van der Waals surface area contributed by atoms with Gasteiger partial charge < -0.3 is 4.74 Å². The number of sulfone groups is 1. The van der Waals surface area contributed by atoms with Crippen molar-refractivity contribution < 1.29 is 13.2 Å². The van der Waals surface area contributed by atoms with Gasteiger partial charge in [0.15, 0.2) is 9.84 Å². The number of nitriles is 1. The van der Waals surface area contributed by atoms with Gasteiger partial charge in [0.1, 0.15) is 0 Å². The first-order valence-electron chi connectivity index (χ1n) is 6.40. The SMILES string of the molecule is N#CC1(C2CS(=O)(=O)c3ccccc32)CCOCC1. The normalized spacial score (nSPS) is 27.4. The molecule has 19 heavy (non-hydrogen) atoms. The molecule has 100 valence electrons. The molecule has 2 heterocycles. The molecule has 1 aromatic carbocycles. The molecule has 0 spiro atoms. The van der Waals surface area contributed by atoms with E-state index in [-0.39, 0.29) is 11.7 Å². The zero-order chi connectivity index (χ0) is 13.5. The van der Waals surface area contributed by atoms with Crippen molar-refractivity contribution in [1.29, 1.82) is 5.26 Å². The third kappa shape index (κ3) is 1.87. The van der Waals surface area contributed by atoms with Gasteiger partial charge >= 0.3 is 0 Å². The van der Waals surface area contributed by atoms with Crippen molar-refractivity contribution in [3.63, 3.8) is 0 Å². The maximum absolute atomic E-state index is 12.2. The fourth-order valence-corrected chi connectivity index (χ4v) is 5.15. The lowest BCUT2D eigenvalue weighted by atomic mass is 9.69. The van der Waals surface area contributed by atoms with Gasteiger partial charge in [-0.25, -0.2) is 8.42 Å². The Kier molecular flexibility index (Phi) is 2.88. The molecule has 2 aliphatic rings. The van der Waals surface area contributed by atoms with Crippen molar-refractivity contribution in [2.24, 2.45) is 5.41 Å². The van der Waals surface area contributed by atoms with Crippen molar-refractivity contribution in [2.45, 2.75) is 23.7 Å². The average molecular weight is 277 g/mol. The van der Waals surface area contributed by atoms with Crippen LogP contribution in [0.15, 0.2) is 29.2 Å². The molecule has 0 saturated carbocycles. The second kappa shape index (κ2) is 4.32. The summed E-state index contributed by atoms with van der Waals surface area (Å²) in [6.45, 7) is 1.07. The molecule has 0 amide bonds. The van der Waals surface area contributed by atoms with Crippen LogP contribution in [-0.4, -0.2) is 27.4 Å². The minimum Gasteiger partial charge on any atom is -0.381 e. The van der Waals surface area contributed by atoms with E-state index in [1.807, 2.05) is 12.1 Å². The van der Waals surface area contributed by atoms with Gasteiger partial charge in [-0.3, -0.25) is 0 Å². The summed E-state index contributed by atoms with van der Waals surface area (Å²) < 4.78 is 29.8. The highest BCUT2D eigenvalue weighted by atomic mass is 32.2. The Hall–Kier alpha value is -1.38. The van der Waals surface area contributed by atoms with Crippen molar-refractivity contribution >= 4 is 9.84 Å². The molecule has 5 heteroatoms. The molecule has 0 bridgehead atoms. The van der Waals surface area contributed by atoms with Crippen LogP contribution >= 0.6 is 0 Å². The van der Waals surface area contributed by atoms with Gasteiger partial charge in [-0.05, 0) is 24.5 Å². The minimum atomic E-state index is -3.24. The Morgan fingerprint density at radius 3 is 2.63 bits per heavy atom. The Morgan fingerprint density at radius 2 is 1.95 bits per heavy atom. The highest BCUT2D eigenvalue weighted by molar-refractivity contribution is 7.91. The van der Waals surface area contributed by atoms with E-state index in [2.05, 4.69) is 6.07 Å². The fraction of sp³-hybridized carbons (Fsp3) is 0.500. The molecular formula is C14H15NO3S. The summed E-state index contributed by atoms with van der Waals surface area (Å²) in [4.78, 5) is 0.404. The van der Waals surface area contributed by atoms with Gasteiger partial charge in [0, 0.05) is 19.1 Å². The van der Waals surface area contributed by atoms with E-state index in [0.717, 1.165) is 5.56 Å². The molecular weight excluding hydrogens is 262 g/mol. The highest BCUT2D eigenvalue weighted by Crippen LogP contribution is 2.49. The summed E-state index contributed by atoms with van der Waals surface area (Å²) in [5.74, 6) is -0.164. The molecule has 0 aliphatic carbocycles.